The fourth-order valence-corrected chi connectivity index (χ4v) is 7.99. The van der Waals surface area contributed by atoms with Crippen LogP contribution in [0.25, 0.3) is 97.8 Å². The lowest BCUT2D eigenvalue weighted by Crippen LogP contribution is -2.00. The Morgan fingerprint density at radius 1 is 0.435 bits per heavy atom. The summed E-state index contributed by atoms with van der Waals surface area (Å²) in [6.45, 7) is 0. The largest absolute Gasteiger partial charge is 0.455 e. The Morgan fingerprint density at radius 3 is 1.83 bits per heavy atom. The molecule has 0 N–H and O–H groups in total. The predicted molar refractivity (Wildman–Crippen MR) is 191 cm³/mol. The van der Waals surface area contributed by atoms with Gasteiger partial charge in [0.05, 0.1) is 0 Å². The number of hydrogen-bond acceptors (Lipinski definition) is 5. The van der Waals surface area contributed by atoms with Crippen molar-refractivity contribution in [1.29, 1.82) is 0 Å². The molecule has 0 fully saturated rings. The molecular weight excluding hydrogens is 583 g/mol. The molecule has 10 aromatic rings. The third-order valence-electron chi connectivity index (χ3n) is 8.91. The van der Waals surface area contributed by atoms with E-state index in [1.165, 1.54) is 30.9 Å². The van der Waals surface area contributed by atoms with Crippen molar-refractivity contribution in [1.82, 2.24) is 15.0 Å². The Kier molecular flexibility index (Phi) is 5.41. The molecule has 0 unspecified atom stereocenters. The summed E-state index contributed by atoms with van der Waals surface area (Å²) in [4.78, 5) is 15.2. The molecule has 5 heteroatoms. The van der Waals surface area contributed by atoms with E-state index in [1.54, 1.807) is 11.3 Å². The summed E-state index contributed by atoms with van der Waals surface area (Å²) in [5.74, 6) is 1.92. The molecule has 0 spiro atoms. The Hall–Kier alpha value is -5.91. The summed E-state index contributed by atoms with van der Waals surface area (Å²) < 4.78 is 9.15. The zero-order chi connectivity index (χ0) is 30.2. The number of nitrogens with zero attached hydrogens (tertiary/aromatic N) is 3. The Labute approximate surface area is 267 Å². The maximum atomic E-state index is 6.73. The Balaban J connectivity index is 1.38. The fraction of sp³-hybridized carbons (Fsp3) is 0. The van der Waals surface area contributed by atoms with Crippen LogP contribution in [0.3, 0.4) is 0 Å². The van der Waals surface area contributed by atoms with E-state index < -0.39 is 0 Å². The average molecular weight is 606 g/mol. The predicted octanol–water partition coefficient (Wildman–Crippen LogP) is 11.4. The molecule has 7 aromatic carbocycles. The van der Waals surface area contributed by atoms with Crippen molar-refractivity contribution in [2.45, 2.75) is 0 Å². The van der Waals surface area contributed by atoms with Gasteiger partial charge in [-0.25, -0.2) is 15.0 Å². The number of hydrogen-bond donors (Lipinski definition) is 0. The lowest BCUT2D eigenvalue weighted by atomic mass is 9.95. The van der Waals surface area contributed by atoms with Crippen LogP contribution in [0.15, 0.2) is 144 Å². The van der Waals surface area contributed by atoms with E-state index >= 15 is 0 Å². The van der Waals surface area contributed by atoms with Gasteiger partial charge in [-0.1, -0.05) is 115 Å². The molecule has 0 aliphatic heterocycles. The molecule has 3 aromatic heterocycles. The summed E-state index contributed by atoms with van der Waals surface area (Å²) in [5, 5.41) is 9.29. The molecule has 0 atom stereocenters. The van der Waals surface area contributed by atoms with Gasteiger partial charge in [-0.3, -0.25) is 0 Å². The van der Waals surface area contributed by atoms with Crippen LogP contribution >= 0.6 is 11.3 Å². The highest BCUT2D eigenvalue weighted by molar-refractivity contribution is 7.26. The normalized spacial score (nSPS) is 11.9. The van der Waals surface area contributed by atoms with Crippen LogP contribution in [0.5, 0.6) is 0 Å². The maximum absolute atomic E-state index is 6.73. The Bertz CT molecular complexity index is 2740. The van der Waals surface area contributed by atoms with Gasteiger partial charge in [0.1, 0.15) is 11.2 Å². The van der Waals surface area contributed by atoms with Gasteiger partial charge in [0.15, 0.2) is 17.5 Å². The lowest BCUT2D eigenvalue weighted by molar-refractivity contribution is 0.673. The van der Waals surface area contributed by atoms with Crippen LogP contribution in [0, 0.1) is 0 Å². The summed E-state index contributed by atoms with van der Waals surface area (Å²) >= 11 is 1.80. The van der Waals surface area contributed by atoms with Crippen molar-refractivity contribution in [2.24, 2.45) is 0 Å². The smallest absolute Gasteiger partial charge is 0.164 e. The minimum atomic E-state index is 0.636. The van der Waals surface area contributed by atoms with Gasteiger partial charge < -0.3 is 4.42 Å². The molecule has 10 rings (SSSR count). The molecule has 0 saturated heterocycles. The first-order valence-electron chi connectivity index (χ1n) is 15.3. The number of benzene rings is 7. The van der Waals surface area contributed by atoms with E-state index in [0.717, 1.165) is 49.4 Å². The summed E-state index contributed by atoms with van der Waals surface area (Å²) in [6.07, 6.45) is 0. The second-order valence-corrected chi connectivity index (χ2v) is 12.6. The van der Waals surface area contributed by atoms with Gasteiger partial charge in [0.2, 0.25) is 0 Å². The highest BCUT2D eigenvalue weighted by Gasteiger charge is 2.22. The number of furan rings is 1. The number of rotatable bonds is 3. The van der Waals surface area contributed by atoms with Crippen molar-refractivity contribution in [3.8, 4) is 34.2 Å². The monoisotopic (exact) mass is 605 g/mol. The van der Waals surface area contributed by atoms with Gasteiger partial charge in [0, 0.05) is 53.0 Å². The summed E-state index contributed by atoms with van der Waals surface area (Å²) in [5.41, 5.74) is 4.62. The van der Waals surface area contributed by atoms with Crippen LogP contribution in [-0.4, -0.2) is 15.0 Å². The summed E-state index contributed by atoms with van der Waals surface area (Å²) in [6, 6.07) is 48.3. The average Bonchev–Trinajstić information content (AvgIpc) is 3.70. The van der Waals surface area contributed by atoms with Gasteiger partial charge in [0.25, 0.3) is 0 Å². The minimum Gasteiger partial charge on any atom is -0.455 e. The van der Waals surface area contributed by atoms with Gasteiger partial charge in [-0.2, -0.15) is 0 Å². The molecule has 4 nitrogen and oxygen atoms in total. The first kappa shape index (κ1) is 25.4. The van der Waals surface area contributed by atoms with Gasteiger partial charge in [-0.05, 0) is 40.4 Å². The van der Waals surface area contributed by atoms with Gasteiger partial charge >= 0.3 is 0 Å². The molecule has 214 valence electrons. The third-order valence-corrected chi connectivity index (χ3v) is 10.0. The molecule has 0 radical (unpaired) electrons. The molecule has 3 heterocycles. The van der Waals surface area contributed by atoms with Crippen LogP contribution in [-0.2, 0) is 0 Å². The minimum absolute atomic E-state index is 0.636. The van der Waals surface area contributed by atoms with E-state index in [0.29, 0.717) is 17.5 Å². The van der Waals surface area contributed by atoms with Crippen molar-refractivity contribution in [3.05, 3.63) is 140 Å². The third kappa shape index (κ3) is 3.76. The highest BCUT2D eigenvalue weighted by Crippen LogP contribution is 2.48. The van der Waals surface area contributed by atoms with Crippen LogP contribution in [0.2, 0.25) is 0 Å². The van der Waals surface area contributed by atoms with Crippen molar-refractivity contribution in [3.63, 3.8) is 0 Å². The first-order chi connectivity index (χ1) is 22.8. The number of thiophene rings is 1. The second-order valence-electron chi connectivity index (χ2n) is 11.6. The van der Waals surface area contributed by atoms with Crippen molar-refractivity contribution < 1.29 is 4.42 Å². The molecular formula is C41H23N3OS. The Morgan fingerprint density at radius 2 is 1.07 bits per heavy atom. The number of aromatic nitrogens is 3. The van der Waals surface area contributed by atoms with Crippen LogP contribution < -0.4 is 0 Å². The van der Waals surface area contributed by atoms with E-state index in [1.807, 2.05) is 72.8 Å². The zero-order valence-corrected chi connectivity index (χ0v) is 25.3. The van der Waals surface area contributed by atoms with Crippen molar-refractivity contribution in [2.75, 3.05) is 0 Å². The van der Waals surface area contributed by atoms with E-state index in [9.17, 15) is 0 Å². The highest BCUT2D eigenvalue weighted by atomic mass is 32.1. The lowest BCUT2D eigenvalue weighted by Gasteiger charge is -2.12. The SMILES string of the molecule is c1ccc(-c2nc(-c3ccccc3)nc(-c3cc4sc5ccc6ccccc6c5c4c4c3ccc3c5ccccc5oc34)n2)cc1. The standard InChI is InChI=1S/C41H23N3OS/c1-3-12-25(13-4-1)39-42-40(26-14-5-2-6-15-26)44-41(43-39)31-23-34-37(35-27-16-8-7-11-24(27)19-22-33(35)46-34)36-29(31)20-21-30-28-17-9-10-18-32(28)45-38(30)36/h1-23H. The van der Waals surface area contributed by atoms with Crippen LogP contribution in [0.1, 0.15) is 0 Å². The number of fused-ring (bicyclic) bond motifs is 11. The fourth-order valence-electron chi connectivity index (χ4n) is 6.82. The zero-order valence-electron chi connectivity index (χ0n) is 24.4. The second kappa shape index (κ2) is 9.80. The van der Waals surface area contributed by atoms with Crippen LogP contribution in [0.4, 0.5) is 0 Å². The maximum Gasteiger partial charge on any atom is 0.164 e. The summed E-state index contributed by atoms with van der Waals surface area (Å²) in [7, 11) is 0. The van der Waals surface area contributed by atoms with Crippen molar-refractivity contribution >= 4 is 75.0 Å². The van der Waals surface area contributed by atoms with E-state index in [4.69, 9.17) is 19.4 Å². The molecule has 0 amide bonds. The molecule has 46 heavy (non-hydrogen) atoms. The molecule has 0 bridgehead atoms. The molecule has 0 aliphatic carbocycles. The topological polar surface area (TPSA) is 51.8 Å². The quantitative estimate of drug-likeness (QED) is 0.201. The van der Waals surface area contributed by atoms with E-state index in [-0.39, 0.29) is 0 Å². The molecule has 0 saturated carbocycles. The molecule has 0 aliphatic rings. The van der Waals surface area contributed by atoms with Gasteiger partial charge in [-0.15, -0.1) is 11.3 Å². The first-order valence-corrected chi connectivity index (χ1v) is 16.1. The number of para-hydroxylation sites is 1. The van der Waals surface area contributed by atoms with E-state index in [2.05, 4.69) is 66.7 Å².